The first kappa shape index (κ1) is 31.2. The van der Waals surface area contributed by atoms with Crippen LogP contribution >= 0.6 is 11.6 Å². The molecular weight excluding hydrogens is 546 g/mol. The Labute approximate surface area is 243 Å². The maximum absolute atomic E-state index is 14.1. The molecule has 0 saturated heterocycles. The predicted molar refractivity (Wildman–Crippen MR) is 162 cm³/mol. The number of nitrogens with one attached hydrogen (secondary N) is 1. The normalized spacial score (nSPS) is 12.0. The molecule has 0 radical (unpaired) electrons. The van der Waals surface area contributed by atoms with Crippen molar-refractivity contribution < 1.29 is 18.0 Å². The van der Waals surface area contributed by atoms with Crippen LogP contribution in [0.2, 0.25) is 5.02 Å². The maximum Gasteiger partial charge on any atom is 0.244 e. The third-order valence-corrected chi connectivity index (χ3v) is 8.37. The summed E-state index contributed by atoms with van der Waals surface area (Å²) in [6, 6.07) is 21.0. The van der Waals surface area contributed by atoms with Gasteiger partial charge in [0, 0.05) is 24.5 Å². The Morgan fingerprint density at radius 1 is 0.950 bits per heavy atom. The lowest BCUT2D eigenvalue weighted by molar-refractivity contribution is -0.140. The van der Waals surface area contributed by atoms with Crippen LogP contribution in [0.5, 0.6) is 0 Å². The molecular formula is C31H38ClN3O4S. The number of carbonyl (C=O) groups is 2. The molecule has 7 nitrogen and oxygen atoms in total. The van der Waals surface area contributed by atoms with Gasteiger partial charge in [0.2, 0.25) is 21.8 Å². The molecule has 0 aliphatic heterocycles. The predicted octanol–water partition coefficient (Wildman–Crippen LogP) is 5.28. The molecule has 0 fully saturated rings. The molecule has 1 unspecified atom stereocenters. The second-order valence-corrected chi connectivity index (χ2v) is 12.3. The van der Waals surface area contributed by atoms with Gasteiger partial charge in [-0.25, -0.2) is 8.42 Å². The van der Waals surface area contributed by atoms with Gasteiger partial charge >= 0.3 is 0 Å². The van der Waals surface area contributed by atoms with E-state index in [-0.39, 0.29) is 18.9 Å². The number of sulfonamides is 1. The standard InChI is InChI=1S/C31H38ClN3O4S/c1-5-6-18-33-31(37)29(20-25-12-8-7-9-13-25)34(21-26-14-10-11-15-28(26)32)30(36)22-35(40(4,38)39)27-17-16-23(2)24(3)19-27/h7-17,19,29H,5-6,18,20-22H2,1-4H3,(H,33,37). The van der Waals surface area contributed by atoms with Gasteiger partial charge in [-0.05, 0) is 60.7 Å². The minimum atomic E-state index is -3.82. The molecule has 0 saturated carbocycles. The number of nitrogens with zero attached hydrogens (tertiary/aromatic N) is 2. The molecule has 0 heterocycles. The maximum atomic E-state index is 14.1. The van der Waals surface area contributed by atoms with Gasteiger partial charge in [-0.15, -0.1) is 0 Å². The van der Waals surface area contributed by atoms with Crippen LogP contribution in [0.15, 0.2) is 72.8 Å². The number of rotatable bonds is 13. The van der Waals surface area contributed by atoms with E-state index < -0.39 is 28.5 Å². The van der Waals surface area contributed by atoms with E-state index in [2.05, 4.69) is 5.32 Å². The van der Waals surface area contributed by atoms with Crippen molar-refractivity contribution >= 4 is 39.1 Å². The third-order valence-electron chi connectivity index (χ3n) is 6.86. The number of carbonyl (C=O) groups excluding carboxylic acids is 2. The average Bonchev–Trinajstić information content (AvgIpc) is 2.91. The van der Waals surface area contributed by atoms with Crippen LogP contribution in [0, 0.1) is 13.8 Å². The number of amides is 2. The van der Waals surface area contributed by atoms with E-state index >= 15 is 0 Å². The lowest BCUT2D eigenvalue weighted by atomic mass is 10.0. The van der Waals surface area contributed by atoms with Crippen molar-refractivity contribution in [1.29, 1.82) is 0 Å². The summed E-state index contributed by atoms with van der Waals surface area (Å²) in [5, 5.41) is 3.43. The zero-order valence-electron chi connectivity index (χ0n) is 23.6. The van der Waals surface area contributed by atoms with Crippen LogP contribution in [-0.4, -0.2) is 50.5 Å². The Bertz CT molecular complexity index is 1410. The lowest BCUT2D eigenvalue weighted by Gasteiger charge is -2.33. The van der Waals surface area contributed by atoms with Crippen molar-refractivity contribution in [2.45, 2.75) is 52.6 Å². The summed E-state index contributed by atoms with van der Waals surface area (Å²) < 4.78 is 26.9. The van der Waals surface area contributed by atoms with E-state index in [1.807, 2.05) is 63.2 Å². The molecule has 40 heavy (non-hydrogen) atoms. The Hall–Kier alpha value is -3.36. The molecule has 0 aliphatic carbocycles. The smallest absolute Gasteiger partial charge is 0.244 e. The number of halogens is 1. The summed E-state index contributed by atoms with van der Waals surface area (Å²) in [5.41, 5.74) is 3.85. The van der Waals surface area contributed by atoms with Gasteiger partial charge in [0.25, 0.3) is 0 Å². The fourth-order valence-electron chi connectivity index (χ4n) is 4.36. The Morgan fingerprint density at radius 2 is 1.62 bits per heavy atom. The SMILES string of the molecule is CCCCNC(=O)C(Cc1ccccc1)N(Cc1ccccc1Cl)C(=O)CN(c1ccc(C)c(C)c1)S(C)(=O)=O. The minimum absolute atomic E-state index is 0.0434. The molecule has 0 aliphatic rings. The molecule has 3 aromatic rings. The number of benzene rings is 3. The number of hydrogen-bond acceptors (Lipinski definition) is 4. The largest absolute Gasteiger partial charge is 0.354 e. The van der Waals surface area contributed by atoms with Crippen LogP contribution in [0.4, 0.5) is 5.69 Å². The quantitative estimate of drug-likeness (QED) is 0.277. The Balaban J connectivity index is 2.05. The highest BCUT2D eigenvalue weighted by Crippen LogP contribution is 2.24. The zero-order chi connectivity index (χ0) is 29.3. The van der Waals surface area contributed by atoms with Crippen LogP contribution in [0.25, 0.3) is 0 Å². The van der Waals surface area contributed by atoms with Gasteiger partial charge in [0.05, 0.1) is 11.9 Å². The van der Waals surface area contributed by atoms with Gasteiger partial charge in [0.1, 0.15) is 12.6 Å². The van der Waals surface area contributed by atoms with Crippen molar-refractivity contribution in [1.82, 2.24) is 10.2 Å². The van der Waals surface area contributed by atoms with Crippen molar-refractivity contribution in [3.63, 3.8) is 0 Å². The van der Waals surface area contributed by atoms with Crippen molar-refractivity contribution in [3.05, 3.63) is 100 Å². The molecule has 0 aromatic heterocycles. The average molecular weight is 584 g/mol. The number of aryl methyl sites for hydroxylation is 2. The van der Waals surface area contributed by atoms with E-state index in [0.29, 0.717) is 22.8 Å². The highest BCUT2D eigenvalue weighted by Gasteiger charge is 2.33. The summed E-state index contributed by atoms with van der Waals surface area (Å²) in [6.07, 6.45) is 3.05. The highest BCUT2D eigenvalue weighted by molar-refractivity contribution is 7.92. The lowest BCUT2D eigenvalue weighted by Crippen LogP contribution is -2.53. The molecule has 1 N–H and O–H groups in total. The zero-order valence-corrected chi connectivity index (χ0v) is 25.1. The fraction of sp³-hybridized carbons (Fsp3) is 0.355. The van der Waals surface area contributed by atoms with Gasteiger partial charge in [0.15, 0.2) is 0 Å². The summed E-state index contributed by atoms with van der Waals surface area (Å²) in [4.78, 5) is 29.2. The summed E-state index contributed by atoms with van der Waals surface area (Å²) >= 11 is 6.48. The van der Waals surface area contributed by atoms with Crippen molar-refractivity contribution in [2.75, 3.05) is 23.7 Å². The minimum Gasteiger partial charge on any atom is -0.354 e. The van der Waals surface area contributed by atoms with E-state index in [0.717, 1.165) is 40.1 Å². The Morgan fingerprint density at radius 3 is 2.25 bits per heavy atom. The molecule has 9 heteroatoms. The number of anilines is 1. The molecule has 3 aromatic carbocycles. The van der Waals surface area contributed by atoms with Crippen LogP contribution in [0.1, 0.15) is 42.0 Å². The van der Waals surface area contributed by atoms with Crippen LogP contribution < -0.4 is 9.62 Å². The summed E-state index contributed by atoms with van der Waals surface area (Å²) in [7, 11) is -3.82. The summed E-state index contributed by atoms with van der Waals surface area (Å²) in [6.45, 7) is 5.92. The molecule has 3 rings (SSSR count). The van der Waals surface area contributed by atoms with E-state index in [9.17, 15) is 18.0 Å². The highest BCUT2D eigenvalue weighted by atomic mass is 35.5. The number of hydrogen-bond donors (Lipinski definition) is 1. The van der Waals surface area contributed by atoms with E-state index in [1.165, 1.54) is 4.90 Å². The van der Waals surface area contributed by atoms with Crippen LogP contribution in [-0.2, 0) is 32.6 Å². The van der Waals surface area contributed by atoms with Gasteiger partial charge in [-0.3, -0.25) is 13.9 Å². The van der Waals surface area contributed by atoms with Gasteiger partial charge in [-0.2, -0.15) is 0 Å². The van der Waals surface area contributed by atoms with Crippen LogP contribution in [0.3, 0.4) is 0 Å². The Kier molecular flexibility index (Phi) is 11.2. The summed E-state index contributed by atoms with van der Waals surface area (Å²) in [5.74, 6) is -0.801. The first-order valence-electron chi connectivity index (χ1n) is 13.4. The van der Waals surface area contributed by atoms with E-state index in [1.54, 1.807) is 30.3 Å². The van der Waals surface area contributed by atoms with Gasteiger partial charge in [-0.1, -0.05) is 79.5 Å². The molecule has 0 spiro atoms. The fourth-order valence-corrected chi connectivity index (χ4v) is 5.40. The van der Waals surface area contributed by atoms with E-state index in [4.69, 9.17) is 11.6 Å². The second-order valence-electron chi connectivity index (χ2n) is 10.0. The third kappa shape index (κ3) is 8.57. The molecule has 2 amide bonds. The molecule has 1 atom stereocenters. The molecule has 0 bridgehead atoms. The second kappa shape index (κ2) is 14.3. The number of unbranched alkanes of at least 4 members (excludes halogenated alkanes) is 1. The van der Waals surface area contributed by atoms with Crippen molar-refractivity contribution in [3.8, 4) is 0 Å². The first-order chi connectivity index (χ1) is 19.0. The topological polar surface area (TPSA) is 86.8 Å². The van der Waals surface area contributed by atoms with Gasteiger partial charge < -0.3 is 10.2 Å². The molecule has 214 valence electrons. The first-order valence-corrected chi connectivity index (χ1v) is 15.6. The van der Waals surface area contributed by atoms with Crippen molar-refractivity contribution in [2.24, 2.45) is 0 Å². The monoisotopic (exact) mass is 583 g/mol.